The van der Waals surface area contributed by atoms with Gasteiger partial charge < -0.3 is 14.2 Å². The first-order chi connectivity index (χ1) is 13.1. The van der Waals surface area contributed by atoms with E-state index in [0.717, 1.165) is 51.1 Å². The number of rotatable bonds is 6. The molecule has 0 radical (unpaired) electrons. The fourth-order valence-corrected chi connectivity index (χ4v) is 4.39. The van der Waals surface area contributed by atoms with Gasteiger partial charge in [-0.05, 0) is 44.1 Å². The first-order valence-electron chi connectivity index (χ1n) is 9.99. The van der Waals surface area contributed by atoms with Gasteiger partial charge in [0.2, 0.25) is 5.91 Å². The number of benzene rings is 1. The second-order valence-corrected chi connectivity index (χ2v) is 8.04. The van der Waals surface area contributed by atoms with E-state index < -0.39 is 0 Å². The summed E-state index contributed by atoms with van der Waals surface area (Å²) in [4.78, 5) is 19.8. The third-order valence-corrected chi connectivity index (χ3v) is 6.24. The summed E-state index contributed by atoms with van der Waals surface area (Å²) in [5.74, 6) is 1.92. The van der Waals surface area contributed by atoms with Gasteiger partial charge in [0, 0.05) is 38.6 Å². The van der Waals surface area contributed by atoms with Crippen molar-refractivity contribution in [1.29, 1.82) is 0 Å². The van der Waals surface area contributed by atoms with Crippen molar-refractivity contribution in [1.82, 2.24) is 14.5 Å². The highest BCUT2D eigenvalue weighted by atomic mass is 16.5. The van der Waals surface area contributed by atoms with Gasteiger partial charge in [-0.25, -0.2) is 4.98 Å². The molecule has 2 fully saturated rings. The minimum Gasteiger partial charge on any atom is -0.377 e. The van der Waals surface area contributed by atoms with Gasteiger partial charge >= 0.3 is 0 Å². The van der Waals surface area contributed by atoms with E-state index in [1.165, 1.54) is 11.3 Å². The van der Waals surface area contributed by atoms with Crippen LogP contribution in [0.15, 0.2) is 36.5 Å². The molecule has 1 aromatic carbocycles. The zero-order valence-electron chi connectivity index (χ0n) is 16.4. The molecule has 0 bridgehead atoms. The van der Waals surface area contributed by atoms with Crippen molar-refractivity contribution in [2.45, 2.75) is 51.2 Å². The van der Waals surface area contributed by atoms with Gasteiger partial charge in [0.1, 0.15) is 12.4 Å². The number of hydrogen-bond acceptors (Lipinski definition) is 3. The van der Waals surface area contributed by atoms with Crippen molar-refractivity contribution >= 4 is 5.91 Å². The van der Waals surface area contributed by atoms with Crippen LogP contribution in [0.2, 0.25) is 0 Å². The smallest absolute Gasteiger partial charge is 0.233 e. The number of carbonyl (C=O) groups is 1. The van der Waals surface area contributed by atoms with E-state index >= 15 is 0 Å². The standard InChI is InChI=1S/C22H29N3O2/c1-17-14-23-20(16-27-2)25(17)15-18-8-12-24(13-9-18)21(26)22(10-11-22)19-6-4-3-5-7-19/h3-7,14,18H,8-13,15-16H2,1-2H3. The molecule has 1 saturated carbocycles. The summed E-state index contributed by atoms with van der Waals surface area (Å²) in [5, 5.41) is 0. The zero-order chi connectivity index (χ0) is 18.9. The number of amides is 1. The SMILES string of the molecule is COCc1ncc(C)n1CC1CCN(C(=O)C2(c3ccccc3)CC2)CC1. The van der Waals surface area contributed by atoms with Crippen LogP contribution in [0.1, 0.15) is 42.8 Å². The average molecular weight is 367 g/mol. The van der Waals surface area contributed by atoms with Crippen molar-refractivity contribution in [3.05, 3.63) is 53.6 Å². The maximum atomic E-state index is 13.2. The van der Waals surface area contributed by atoms with Gasteiger partial charge in [0.05, 0.1) is 5.41 Å². The number of piperidine rings is 1. The Labute approximate surface area is 161 Å². The van der Waals surface area contributed by atoms with Crippen molar-refractivity contribution in [2.75, 3.05) is 20.2 Å². The predicted molar refractivity (Wildman–Crippen MR) is 104 cm³/mol. The number of aryl methyl sites for hydroxylation is 1. The molecule has 5 nitrogen and oxygen atoms in total. The molecule has 5 heteroatoms. The molecule has 2 aliphatic rings. The molecular weight excluding hydrogens is 338 g/mol. The Hall–Kier alpha value is -2.14. The lowest BCUT2D eigenvalue weighted by molar-refractivity contribution is -0.135. The van der Waals surface area contributed by atoms with Crippen LogP contribution in [-0.4, -0.2) is 40.6 Å². The quantitative estimate of drug-likeness (QED) is 0.787. The Morgan fingerprint density at radius 2 is 1.93 bits per heavy atom. The molecule has 4 rings (SSSR count). The molecule has 1 aliphatic heterocycles. The molecule has 1 amide bonds. The fourth-order valence-electron chi connectivity index (χ4n) is 4.39. The molecule has 144 valence electrons. The molecule has 1 aromatic heterocycles. The topological polar surface area (TPSA) is 47.4 Å². The highest BCUT2D eigenvalue weighted by Crippen LogP contribution is 2.49. The first kappa shape index (κ1) is 18.2. The number of carbonyl (C=O) groups excluding carboxylic acids is 1. The Balaban J connectivity index is 1.37. The van der Waals surface area contributed by atoms with E-state index in [9.17, 15) is 4.79 Å². The molecule has 2 aromatic rings. The minimum absolute atomic E-state index is 0.235. The summed E-state index contributed by atoms with van der Waals surface area (Å²) in [5.41, 5.74) is 2.14. The van der Waals surface area contributed by atoms with Crippen LogP contribution in [0, 0.1) is 12.8 Å². The number of imidazole rings is 1. The van der Waals surface area contributed by atoms with Crippen LogP contribution < -0.4 is 0 Å². The molecule has 0 atom stereocenters. The largest absolute Gasteiger partial charge is 0.377 e. The van der Waals surface area contributed by atoms with Crippen molar-refractivity contribution in [3.8, 4) is 0 Å². The second kappa shape index (κ2) is 7.47. The van der Waals surface area contributed by atoms with E-state index in [-0.39, 0.29) is 5.41 Å². The Kier molecular flexibility index (Phi) is 5.04. The van der Waals surface area contributed by atoms with Crippen LogP contribution in [-0.2, 0) is 28.1 Å². The molecule has 0 unspecified atom stereocenters. The Morgan fingerprint density at radius 3 is 2.56 bits per heavy atom. The number of hydrogen-bond donors (Lipinski definition) is 0. The van der Waals surface area contributed by atoms with Gasteiger partial charge in [-0.3, -0.25) is 4.79 Å². The lowest BCUT2D eigenvalue weighted by Crippen LogP contribution is -2.44. The van der Waals surface area contributed by atoms with E-state index in [0.29, 0.717) is 18.4 Å². The maximum absolute atomic E-state index is 13.2. The Morgan fingerprint density at radius 1 is 1.22 bits per heavy atom. The fraction of sp³-hybridized carbons (Fsp3) is 0.545. The predicted octanol–water partition coefficient (Wildman–Crippen LogP) is 3.31. The highest BCUT2D eigenvalue weighted by Gasteiger charge is 2.53. The third-order valence-electron chi connectivity index (χ3n) is 6.24. The maximum Gasteiger partial charge on any atom is 0.233 e. The normalized spacial score (nSPS) is 19.3. The lowest BCUT2D eigenvalue weighted by atomic mass is 9.91. The molecule has 1 aliphatic carbocycles. The lowest BCUT2D eigenvalue weighted by Gasteiger charge is -2.35. The van der Waals surface area contributed by atoms with E-state index in [1.54, 1.807) is 7.11 Å². The molecule has 0 spiro atoms. The highest BCUT2D eigenvalue weighted by molar-refractivity contribution is 5.91. The number of likely N-dealkylation sites (tertiary alicyclic amines) is 1. The summed E-state index contributed by atoms with van der Waals surface area (Å²) in [6.45, 7) is 5.35. The second-order valence-electron chi connectivity index (χ2n) is 8.04. The molecule has 2 heterocycles. The summed E-state index contributed by atoms with van der Waals surface area (Å²) in [6, 6.07) is 10.3. The molecule has 0 N–H and O–H groups in total. The zero-order valence-corrected chi connectivity index (χ0v) is 16.4. The average Bonchev–Trinajstić information content (AvgIpc) is 3.45. The summed E-state index contributed by atoms with van der Waals surface area (Å²) >= 11 is 0. The monoisotopic (exact) mass is 367 g/mol. The van der Waals surface area contributed by atoms with Crippen LogP contribution in [0.5, 0.6) is 0 Å². The minimum atomic E-state index is -0.235. The Bertz CT molecular complexity index is 787. The van der Waals surface area contributed by atoms with Crippen molar-refractivity contribution in [3.63, 3.8) is 0 Å². The molecule has 27 heavy (non-hydrogen) atoms. The molecule has 1 saturated heterocycles. The van der Waals surface area contributed by atoms with Crippen LogP contribution in [0.3, 0.4) is 0 Å². The van der Waals surface area contributed by atoms with Crippen molar-refractivity contribution < 1.29 is 9.53 Å². The van der Waals surface area contributed by atoms with E-state index in [1.807, 2.05) is 24.4 Å². The summed E-state index contributed by atoms with van der Waals surface area (Å²) < 4.78 is 7.55. The first-order valence-corrected chi connectivity index (χ1v) is 9.99. The van der Waals surface area contributed by atoms with Crippen LogP contribution in [0.4, 0.5) is 0 Å². The van der Waals surface area contributed by atoms with E-state index in [2.05, 4.69) is 33.5 Å². The van der Waals surface area contributed by atoms with E-state index in [4.69, 9.17) is 4.74 Å². The van der Waals surface area contributed by atoms with Crippen LogP contribution >= 0.6 is 0 Å². The number of methoxy groups -OCH3 is 1. The number of ether oxygens (including phenoxy) is 1. The van der Waals surface area contributed by atoms with Gasteiger partial charge in [-0.15, -0.1) is 0 Å². The van der Waals surface area contributed by atoms with Gasteiger partial charge in [0.15, 0.2) is 0 Å². The van der Waals surface area contributed by atoms with Gasteiger partial charge in [-0.1, -0.05) is 30.3 Å². The van der Waals surface area contributed by atoms with Gasteiger partial charge in [-0.2, -0.15) is 0 Å². The van der Waals surface area contributed by atoms with Gasteiger partial charge in [0.25, 0.3) is 0 Å². The van der Waals surface area contributed by atoms with Crippen LogP contribution in [0.25, 0.3) is 0 Å². The number of nitrogens with zero attached hydrogens (tertiary/aromatic N) is 3. The third kappa shape index (κ3) is 3.53. The molecular formula is C22H29N3O2. The summed E-state index contributed by atoms with van der Waals surface area (Å²) in [7, 11) is 1.71. The summed E-state index contributed by atoms with van der Waals surface area (Å²) in [6.07, 6.45) is 6.01. The van der Waals surface area contributed by atoms with Crippen molar-refractivity contribution in [2.24, 2.45) is 5.92 Å². The number of aromatic nitrogens is 2.